The molecule has 18 heavy (non-hydrogen) atoms. The Hall–Kier alpha value is -1.99. The number of alkyl halides is 2. The second-order valence-corrected chi connectivity index (χ2v) is 3.83. The van der Waals surface area contributed by atoms with Crippen LogP contribution in [0.2, 0.25) is 0 Å². The molecule has 1 atom stereocenters. The number of carboxylic acid groups (broad SMARTS) is 1. The van der Waals surface area contributed by atoms with Crippen molar-refractivity contribution >= 4 is 11.9 Å². The van der Waals surface area contributed by atoms with E-state index in [2.05, 4.69) is 5.10 Å². The second kappa shape index (κ2) is 5.11. The molecule has 0 bridgehead atoms. The monoisotopic (exact) mass is 261 g/mol. The third-order valence-electron chi connectivity index (χ3n) is 2.61. The molecular formula is C10H13F2N3O3. The van der Waals surface area contributed by atoms with E-state index in [-0.39, 0.29) is 11.4 Å². The van der Waals surface area contributed by atoms with Gasteiger partial charge in [0, 0.05) is 20.2 Å². The Kier molecular flexibility index (Phi) is 4.00. The predicted octanol–water partition coefficient (Wildman–Crippen LogP) is 0.844. The molecule has 1 N–H and O–H groups in total. The fourth-order valence-corrected chi connectivity index (χ4v) is 1.31. The number of aryl methyl sites for hydroxylation is 1. The maximum absolute atomic E-state index is 12.5. The molecule has 0 saturated carbocycles. The molecule has 8 heteroatoms. The molecule has 0 aliphatic carbocycles. The van der Waals surface area contributed by atoms with Crippen LogP contribution in [0, 0.1) is 0 Å². The first-order valence-corrected chi connectivity index (χ1v) is 5.08. The number of aromatic carboxylic acids is 1. The van der Waals surface area contributed by atoms with E-state index >= 15 is 0 Å². The van der Waals surface area contributed by atoms with E-state index in [1.54, 1.807) is 0 Å². The lowest BCUT2D eigenvalue weighted by atomic mass is 10.2. The highest BCUT2D eigenvalue weighted by atomic mass is 19.3. The van der Waals surface area contributed by atoms with Crippen LogP contribution in [0.1, 0.15) is 27.9 Å². The summed E-state index contributed by atoms with van der Waals surface area (Å²) in [7, 11) is 2.60. The van der Waals surface area contributed by atoms with E-state index in [1.165, 1.54) is 21.0 Å². The van der Waals surface area contributed by atoms with E-state index < -0.39 is 24.3 Å². The molecule has 100 valence electrons. The predicted molar refractivity (Wildman–Crippen MR) is 57.7 cm³/mol. The number of hydrogen-bond donors (Lipinski definition) is 1. The summed E-state index contributed by atoms with van der Waals surface area (Å²) in [6, 6.07) is -0.208. The van der Waals surface area contributed by atoms with Gasteiger partial charge in [0.2, 0.25) is 0 Å². The van der Waals surface area contributed by atoms with Gasteiger partial charge in [-0.25, -0.2) is 13.6 Å². The normalized spacial score (nSPS) is 12.6. The Bertz CT molecular complexity index is 473. The molecule has 6 nitrogen and oxygen atoms in total. The van der Waals surface area contributed by atoms with Gasteiger partial charge < -0.3 is 10.0 Å². The zero-order chi connectivity index (χ0) is 14.0. The third kappa shape index (κ3) is 2.63. The van der Waals surface area contributed by atoms with E-state index in [0.29, 0.717) is 0 Å². The van der Waals surface area contributed by atoms with Crippen LogP contribution in [0.15, 0.2) is 6.07 Å². The Balaban J connectivity index is 3.00. The number of amides is 1. The number of carbonyl (C=O) groups is 2. The lowest BCUT2D eigenvalue weighted by Crippen LogP contribution is -2.40. The molecule has 1 aromatic heterocycles. The topological polar surface area (TPSA) is 75.4 Å². The number of rotatable bonds is 4. The lowest BCUT2D eigenvalue weighted by molar-refractivity contribution is 0.0355. The average molecular weight is 261 g/mol. The minimum Gasteiger partial charge on any atom is -0.476 e. The van der Waals surface area contributed by atoms with Crippen LogP contribution in [0.3, 0.4) is 0 Å². The number of carboxylic acids is 1. The summed E-state index contributed by atoms with van der Waals surface area (Å²) in [5.41, 5.74) is -0.360. The Morgan fingerprint density at radius 1 is 1.50 bits per heavy atom. The molecule has 0 spiro atoms. The van der Waals surface area contributed by atoms with Gasteiger partial charge in [-0.1, -0.05) is 0 Å². The van der Waals surface area contributed by atoms with Crippen molar-refractivity contribution in [2.24, 2.45) is 7.05 Å². The van der Waals surface area contributed by atoms with Crippen LogP contribution in [0.4, 0.5) is 8.78 Å². The van der Waals surface area contributed by atoms with Gasteiger partial charge in [0.05, 0.1) is 6.04 Å². The number of hydrogen-bond acceptors (Lipinski definition) is 3. The SMILES string of the molecule is CC(C(F)F)N(C)C(=O)c1cc(C(=O)O)nn1C. The van der Waals surface area contributed by atoms with Crippen LogP contribution in [-0.4, -0.2) is 51.2 Å². The standard InChI is InChI=1S/C10H13F2N3O3/c1-5(8(11)12)14(2)9(16)7-4-6(10(17)18)13-15(7)3/h4-5,8H,1-3H3,(H,17,18). The summed E-state index contributed by atoms with van der Waals surface area (Å²) < 4.78 is 26.0. The first-order valence-electron chi connectivity index (χ1n) is 5.08. The molecule has 1 rings (SSSR count). The van der Waals surface area contributed by atoms with Gasteiger partial charge in [-0.15, -0.1) is 0 Å². The zero-order valence-corrected chi connectivity index (χ0v) is 10.1. The fraction of sp³-hybridized carbons (Fsp3) is 0.500. The fourth-order valence-electron chi connectivity index (χ4n) is 1.31. The molecule has 0 saturated heterocycles. The minimum absolute atomic E-state index is 0.0533. The van der Waals surface area contributed by atoms with Gasteiger partial charge >= 0.3 is 5.97 Å². The van der Waals surface area contributed by atoms with Gasteiger partial charge in [-0.2, -0.15) is 5.10 Å². The Morgan fingerprint density at radius 3 is 2.44 bits per heavy atom. The number of carbonyl (C=O) groups excluding carboxylic acids is 1. The van der Waals surface area contributed by atoms with Crippen molar-refractivity contribution < 1.29 is 23.5 Å². The molecule has 0 aliphatic rings. The average Bonchev–Trinajstić information content (AvgIpc) is 2.68. The van der Waals surface area contributed by atoms with Crippen LogP contribution in [0.5, 0.6) is 0 Å². The maximum Gasteiger partial charge on any atom is 0.356 e. The zero-order valence-electron chi connectivity index (χ0n) is 10.1. The van der Waals surface area contributed by atoms with Crippen molar-refractivity contribution in [3.05, 3.63) is 17.5 Å². The summed E-state index contributed by atoms with van der Waals surface area (Å²) in [6.07, 6.45) is -2.67. The molecule has 0 radical (unpaired) electrons. The van der Waals surface area contributed by atoms with Crippen LogP contribution in [0.25, 0.3) is 0 Å². The molecule has 1 aromatic rings. The smallest absolute Gasteiger partial charge is 0.356 e. The summed E-state index contributed by atoms with van der Waals surface area (Å²) in [5.74, 6) is -1.99. The third-order valence-corrected chi connectivity index (χ3v) is 2.61. The first-order chi connectivity index (χ1) is 8.25. The van der Waals surface area contributed by atoms with Gasteiger partial charge in [0.25, 0.3) is 12.3 Å². The van der Waals surface area contributed by atoms with Gasteiger partial charge in [-0.3, -0.25) is 9.48 Å². The van der Waals surface area contributed by atoms with Gasteiger partial charge in [0.15, 0.2) is 5.69 Å². The van der Waals surface area contributed by atoms with Crippen LogP contribution in [-0.2, 0) is 7.05 Å². The second-order valence-electron chi connectivity index (χ2n) is 3.83. The summed E-state index contributed by atoms with van der Waals surface area (Å²) in [5, 5.41) is 12.3. The molecule has 0 aromatic carbocycles. The number of halogens is 2. The molecule has 1 unspecified atom stereocenters. The van der Waals surface area contributed by atoms with E-state index in [0.717, 1.165) is 15.6 Å². The lowest BCUT2D eigenvalue weighted by Gasteiger charge is -2.23. The molecular weight excluding hydrogens is 248 g/mol. The van der Waals surface area contributed by atoms with Crippen molar-refractivity contribution in [2.75, 3.05) is 7.05 Å². The van der Waals surface area contributed by atoms with Gasteiger partial charge in [-0.05, 0) is 6.92 Å². The maximum atomic E-state index is 12.5. The van der Waals surface area contributed by atoms with Crippen molar-refractivity contribution in [3.63, 3.8) is 0 Å². The van der Waals surface area contributed by atoms with Crippen molar-refractivity contribution in [1.82, 2.24) is 14.7 Å². The highest BCUT2D eigenvalue weighted by molar-refractivity contribution is 5.95. The summed E-state index contributed by atoms with van der Waals surface area (Å²) in [6.45, 7) is 1.21. The Morgan fingerprint density at radius 2 is 2.06 bits per heavy atom. The molecule has 1 amide bonds. The largest absolute Gasteiger partial charge is 0.476 e. The number of nitrogens with zero attached hydrogens (tertiary/aromatic N) is 3. The summed E-state index contributed by atoms with van der Waals surface area (Å²) in [4.78, 5) is 23.4. The molecule has 0 fully saturated rings. The first kappa shape index (κ1) is 14.1. The van der Waals surface area contributed by atoms with Gasteiger partial charge in [0.1, 0.15) is 5.69 Å². The van der Waals surface area contributed by atoms with E-state index in [1.807, 2.05) is 0 Å². The van der Waals surface area contributed by atoms with Crippen molar-refractivity contribution in [3.8, 4) is 0 Å². The van der Waals surface area contributed by atoms with E-state index in [9.17, 15) is 18.4 Å². The van der Waals surface area contributed by atoms with Crippen molar-refractivity contribution in [1.29, 1.82) is 0 Å². The molecule has 1 heterocycles. The number of aromatic nitrogens is 2. The van der Waals surface area contributed by atoms with Crippen molar-refractivity contribution in [2.45, 2.75) is 19.4 Å². The van der Waals surface area contributed by atoms with Crippen LogP contribution < -0.4 is 0 Å². The minimum atomic E-state index is -2.67. The quantitative estimate of drug-likeness (QED) is 0.871. The molecule has 0 aliphatic heterocycles. The Labute approximate surface area is 102 Å². The summed E-state index contributed by atoms with van der Waals surface area (Å²) >= 11 is 0. The highest BCUT2D eigenvalue weighted by Gasteiger charge is 2.27. The highest BCUT2D eigenvalue weighted by Crippen LogP contribution is 2.12. The van der Waals surface area contributed by atoms with Crippen LogP contribution >= 0.6 is 0 Å². The van der Waals surface area contributed by atoms with E-state index in [4.69, 9.17) is 5.11 Å².